The molecule has 94 heavy (non-hydrogen) atoms. The molecule has 0 bridgehead atoms. The van der Waals surface area contributed by atoms with Crippen LogP contribution in [0.15, 0.2) is 120 Å². The van der Waals surface area contributed by atoms with Gasteiger partial charge < -0.3 is 54.2 Å². The molecule has 0 unspecified atom stereocenters. The summed E-state index contributed by atoms with van der Waals surface area (Å²) in [6, 6.07) is 31.2. The minimum Gasteiger partial charge on any atom is -0.493 e. The molecule has 0 radical (unpaired) electrons. The third kappa shape index (κ3) is 16.8. The lowest BCUT2D eigenvalue weighted by molar-refractivity contribution is -0.134. The first-order chi connectivity index (χ1) is 45.0. The highest BCUT2D eigenvalue weighted by molar-refractivity contribution is 6.31. The minimum atomic E-state index is -1.16. The highest BCUT2D eigenvalue weighted by Gasteiger charge is 2.60. The first kappa shape index (κ1) is 70.8. The van der Waals surface area contributed by atoms with Crippen LogP contribution in [0.5, 0.6) is 11.5 Å². The number of nitrogens with one attached hydrogen (secondary N) is 1. The van der Waals surface area contributed by atoms with Crippen LogP contribution in [0, 0.1) is 11.6 Å². The highest BCUT2D eigenvalue weighted by atomic mass is 35.5. The van der Waals surface area contributed by atoms with Crippen molar-refractivity contribution in [2.24, 2.45) is 4.99 Å². The van der Waals surface area contributed by atoms with E-state index in [2.05, 4.69) is 62.0 Å². The van der Waals surface area contributed by atoms with Crippen molar-refractivity contribution in [2.75, 3.05) is 129 Å². The van der Waals surface area contributed by atoms with Gasteiger partial charge in [0.1, 0.15) is 34.6 Å². The largest absolute Gasteiger partial charge is 0.493 e. The number of amidine groups is 1. The predicted molar refractivity (Wildman–Crippen MR) is 360 cm³/mol. The summed E-state index contributed by atoms with van der Waals surface area (Å²) in [6.07, 6.45) is 0.268. The number of carbonyl (C=O) groups is 4. The Morgan fingerprint density at radius 1 is 0.670 bits per heavy atom. The molecule has 3 atom stereocenters. The van der Waals surface area contributed by atoms with Crippen LogP contribution in [0.4, 0.5) is 25.1 Å². The van der Waals surface area contributed by atoms with Gasteiger partial charge in [-0.3, -0.25) is 29.2 Å². The summed E-state index contributed by atoms with van der Waals surface area (Å²) in [5, 5.41) is 3.64. The van der Waals surface area contributed by atoms with Crippen molar-refractivity contribution >= 4 is 75.9 Å². The van der Waals surface area contributed by atoms with E-state index in [1.165, 1.54) is 19.2 Å². The number of hydrogen-bond donors (Lipinski definition) is 2. The van der Waals surface area contributed by atoms with E-state index in [9.17, 15) is 23.2 Å². The molecule has 4 heterocycles. The molecule has 3 N–H and O–H groups in total. The van der Waals surface area contributed by atoms with Gasteiger partial charge in [0.15, 0.2) is 17.4 Å². The Morgan fingerprint density at radius 2 is 1.24 bits per heavy atom. The molecule has 5 aromatic carbocycles. The third-order valence-electron chi connectivity index (χ3n) is 17.3. The molecule has 24 heteroatoms. The van der Waals surface area contributed by atoms with E-state index >= 15 is 4.79 Å². The van der Waals surface area contributed by atoms with E-state index in [0.717, 1.165) is 34.4 Å². The number of pyridine rings is 1. The molecule has 1 aromatic heterocycles. The fourth-order valence-electron chi connectivity index (χ4n) is 11.7. The van der Waals surface area contributed by atoms with Gasteiger partial charge in [-0.2, -0.15) is 0 Å². The molecule has 0 spiro atoms. The van der Waals surface area contributed by atoms with Crippen molar-refractivity contribution in [3.63, 3.8) is 0 Å². The van der Waals surface area contributed by atoms with Crippen molar-refractivity contribution < 1.29 is 56.4 Å². The molecular weight excluding hydrogens is 1270 g/mol. The molecule has 5 amide bonds. The Balaban J connectivity index is 0.639. The van der Waals surface area contributed by atoms with Gasteiger partial charge in [-0.15, -0.1) is 0 Å². The maximum atomic E-state index is 15.5. The van der Waals surface area contributed by atoms with Crippen LogP contribution in [-0.2, 0) is 40.2 Å². The summed E-state index contributed by atoms with van der Waals surface area (Å²) >= 11 is 18.8. The van der Waals surface area contributed by atoms with E-state index in [-0.39, 0.29) is 58.4 Å². The van der Waals surface area contributed by atoms with Gasteiger partial charge >= 0.3 is 6.03 Å². The number of aliphatic imine (C=N–C) groups is 1. The molecule has 19 nitrogen and oxygen atoms in total. The zero-order valence-electron chi connectivity index (χ0n) is 54.2. The molecule has 0 aliphatic carbocycles. The summed E-state index contributed by atoms with van der Waals surface area (Å²) in [4.78, 5) is 74.1. The lowest BCUT2D eigenvalue weighted by Gasteiger charge is -2.47. The molecule has 2 fully saturated rings. The lowest BCUT2D eigenvalue weighted by atomic mass is 9.71. The Labute approximate surface area is 563 Å². The zero-order valence-corrected chi connectivity index (χ0v) is 56.4. The third-order valence-corrected chi connectivity index (χ3v) is 18.1. The average molecular weight is 1350 g/mol. The fourth-order valence-corrected chi connectivity index (χ4v) is 12.1. The topological polar surface area (TPSA) is 203 Å². The molecule has 2 saturated heterocycles. The van der Waals surface area contributed by atoms with Crippen molar-refractivity contribution in [1.82, 2.24) is 29.5 Å². The smallest absolute Gasteiger partial charge is 0.326 e. The number of piperazine rings is 2. The summed E-state index contributed by atoms with van der Waals surface area (Å²) in [5.41, 5.74) is 7.86. The number of aromatic nitrogens is 1. The van der Waals surface area contributed by atoms with E-state index < -0.39 is 40.3 Å². The molecule has 502 valence electrons. The first-order valence-electron chi connectivity index (χ1n) is 31.6. The Hall–Kier alpha value is -7.47. The number of urea groups is 1. The lowest BCUT2D eigenvalue weighted by Crippen LogP contribution is -2.60. The van der Waals surface area contributed by atoms with Gasteiger partial charge in [0, 0.05) is 86.4 Å². The fraction of sp³-hybridized carbons (Fsp3) is 0.429. The van der Waals surface area contributed by atoms with Gasteiger partial charge in [-0.05, 0) is 129 Å². The number of halogens is 5. The second-order valence-electron chi connectivity index (χ2n) is 24.5. The summed E-state index contributed by atoms with van der Waals surface area (Å²) < 4.78 is 64.2. The van der Waals surface area contributed by atoms with Crippen LogP contribution < -0.4 is 20.5 Å². The summed E-state index contributed by atoms with van der Waals surface area (Å²) in [5.74, 6) is -1.66. The standard InChI is InChI=1S/C70H82Cl3F2N9O10/c1-8-93-58-44-51(68(3,4)5)15-22-55(58)64-79-69(6,49-11-16-52(71)17-12-49)70(7,50-13-18-53(72)19-14-50)84(64)67(88)83-28-26-80(27-29-83)34-36-90-38-40-92-42-41-91-39-37-89-35-25-60(85)81-30-32-82(33-31-81)66(87)47-9-20-54(21-10-47)78-65(86)48-43-59(63(76)77-45-48)94-46(2)61-57(74)24-23-56(73)62(61)75/h9-24,43-46H,8,25-42H2,1-7H3,(H2,76,77)(H,78,86)/t46-,69+,70-/m1/s1. The number of benzene rings is 5. The first-order valence-corrected chi connectivity index (χ1v) is 32.7. The Bertz CT molecular complexity index is 3650. The van der Waals surface area contributed by atoms with Gasteiger partial charge in [0.25, 0.3) is 11.8 Å². The van der Waals surface area contributed by atoms with Crippen molar-refractivity contribution in [2.45, 2.75) is 77.5 Å². The predicted octanol–water partition coefficient (Wildman–Crippen LogP) is 12.1. The molecule has 3 aliphatic rings. The number of nitrogens with two attached hydrogens (primary N) is 1. The maximum Gasteiger partial charge on any atom is 0.326 e. The SMILES string of the molecule is CCOc1cc(C(C)(C)C)ccc1C1=N[C@@](C)(c2ccc(Cl)cc2)[C@@](C)(c2ccc(Cl)cc2)N1C(=O)N1CCN(CCOCCOCCOCCOCCC(=O)N2CCN(C(=O)c3ccc(NC(=O)c4cnc(N)c(O[C@H](C)c5c(F)ccc(Cl)c5F)c4)cc3)CC2)CC1. The highest BCUT2D eigenvalue weighted by Crippen LogP contribution is 2.54. The quantitative estimate of drug-likeness (QED) is 0.0384. The van der Waals surface area contributed by atoms with Gasteiger partial charge in [-0.1, -0.05) is 85.9 Å². The second-order valence-corrected chi connectivity index (χ2v) is 25.7. The van der Waals surface area contributed by atoms with E-state index in [1.54, 1.807) is 34.1 Å². The average Bonchev–Trinajstić information content (AvgIpc) is 1.52. The van der Waals surface area contributed by atoms with Crippen LogP contribution in [0.1, 0.15) is 110 Å². The van der Waals surface area contributed by atoms with Crippen LogP contribution >= 0.6 is 34.8 Å². The Kier molecular flexibility index (Phi) is 24.0. The number of carbonyl (C=O) groups excluding carboxylic acids is 4. The van der Waals surface area contributed by atoms with Crippen LogP contribution in [0.25, 0.3) is 0 Å². The van der Waals surface area contributed by atoms with Crippen molar-refractivity contribution in [1.29, 1.82) is 0 Å². The molecule has 0 saturated carbocycles. The monoisotopic (exact) mass is 1350 g/mol. The molecular formula is C70H82Cl3F2N9O10. The number of nitrogens with zero attached hydrogens (tertiary/aromatic N) is 7. The minimum absolute atomic E-state index is 0.0587. The maximum absolute atomic E-state index is 15.5. The number of anilines is 2. The Morgan fingerprint density at radius 3 is 1.85 bits per heavy atom. The van der Waals surface area contributed by atoms with Crippen molar-refractivity contribution in [3.05, 3.63) is 181 Å². The molecule has 3 aliphatic heterocycles. The van der Waals surface area contributed by atoms with Crippen molar-refractivity contribution in [3.8, 4) is 11.5 Å². The number of nitrogen functional groups attached to an aromatic ring is 1. The molecule has 6 aromatic rings. The van der Waals surface area contributed by atoms with Gasteiger partial charge in [-0.25, -0.2) is 18.6 Å². The normalized spacial score (nSPS) is 18.1. The van der Waals surface area contributed by atoms with E-state index in [1.807, 2.05) is 71.3 Å². The zero-order chi connectivity index (χ0) is 67.3. The number of hydrogen-bond acceptors (Lipinski definition) is 14. The summed E-state index contributed by atoms with van der Waals surface area (Å²) in [7, 11) is 0. The van der Waals surface area contributed by atoms with Crippen LogP contribution in [-0.4, -0.2) is 177 Å². The summed E-state index contributed by atoms with van der Waals surface area (Å²) in [6.45, 7) is 21.9. The number of amides is 5. The van der Waals surface area contributed by atoms with Crippen LogP contribution in [0.3, 0.4) is 0 Å². The second kappa shape index (κ2) is 31.8. The van der Waals surface area contributed by atoms with E-state index in [4.69, 9.17) is 74.0 Å². The molecule has 9 rings (SSSR count). The van der Waals surface area contributed by atoms with Gasteiger partial charge in [0.2, 0.25) is 5.91 Å². The van der Waals surface area contributed by atoms with Crippen LogP contribution in [0.2, 0.25) is 15.1 Å². The van der Waals surface area contributed by atoms with Gasteiger partial charge in [0.05, 0.1) is 87.6 Å². The van der Waals surface area contributed by atoms with E-state index in [0.29, 0.717) is 145 Å². The number of ether oxygens (including phenoxy) is 6. The number of rotatable bonds is 26.